The van der Waals surface area contributed by atoms with Crippen LogP contribution in [-0.4, -0.2) is 0 Å². The van der Waals surface area contributed by atoms with Crippen LogP contribution in [0, 0.1) is 34.9 Å². The normalized spacial score (nSPS) is 11.6. The molecule has 1 nitrogen and oxygen atoms in total. The van der Waals surface area contributed by atoms with Crippen LogP contribution in [0.4, 0.5) is 35.1 Å². The van der Waals surface area contributed by atoms with Crippen LogP contribution in [0.5, 0.6) is 5.75 Å². The summed E-state index contributed by atoms with van der Waals surface area (Å²) >= 11 is 0. The van der Waals surface area contributed by atoms with Crippen LogP contribution >= 0.6 is 0 Å². The van der Waals surface area contributed by atoms with E-state index in [0.29, 0.717) is 23.8 Å². The smallest absolute Gasteiger partial charge is 0.429 e. The fourth-order valence-corrected chi connectivity index (χ4v) is 5.03. The van der Waals surface area contributed by atoms with Crippen LogP contribution in [0.3, 0.4) is 0 Å². The van der Waals surface area contributed by atoms with Gasteiger partial charge in [0.2, 0.25) is 0 Å². The van der Waals surface area contributed by atoms with Gasteiger partial charge in [0.1, 0.15) is 34.6 Å². The van der Waals surface area contributed by atoms with Crippen molar-refractivity contribution in [1.82, 2.24) is 0 Å². The molecule has 0 atom stereocenters. The highest BCUT2D eigenvalue weighted by molar-refractivity contribution is 5.71. The van der Waals surface area contributed by atoms with Gasteiger partial charge in [-0.15, -0.1) is 0 Å². The second-order valence-corrected chi connectivity index (χ2v) is 10.6. The monoisotopic (exact) mass is 626 g/mol. The number of hydrogen-bond acceptors (Lipinski definition) is 1. The number of alkyl halides is 2. The number of hydrogen-bond donors (Lipinski definition) is 0. The molecular weight excluding hydrogens is 600 g/mol. The first-order valence-corrected chi connectivity index (χ1v) is 14.2. The quantitative estimate of drug-likeness (QED) is 0.111. The molecule has 5 aromatic carbocycles. The molecule has 0 heterocycles. The Labute approximate surface area is 254 Å². The summed E-state index contributed by atoms with van der Waals surface area (Å²) < 4.78 is 121. The molecule has 0 aliphatic carbocycles. The molecular formula is C36H26F8O. The minimum Gasteiger partial charge on any atom is -0.429 e. The summed E-state index contributed by atoms with van der Waals surface area (Å²) in [7, 11) is 0. The van der Waals surface area contributed by atoms with Gasteiger partial charge in [0.05, 0.1) is 0 Å². The van der Waals surface area contributed by atoms with Gasteiger partial charge in [0.25, 0.3) is 0 Å². The number of ether oxygens (including phenoxy) is 1. The van der Waals surface area contributed by atoms with E-state index in [1.165, 1.54) is 12.1 Å². The Balaban J connectivity index is 1.36. The van der Waals surface area contributed by atoms with Crippen molar-refractivity contribution in [3.05, 3.63) is 137 Å². The number of benzene rings is 5. The topological polar surface area (TPSA) is 9.23 Å². The molecule has 0 fully saturated rings. The minimum atomic E-state index is -4.60. The van der Waals surface area contributed by atoms with E-state index in [4.69, 9.17) is 0 Å². The first kappa shape index (κ1) is 31.8. The number of halogens is 8. The highest BCUT2D eigenvalue weighted by atomic mass is 19.3. The second-order valence-electron chi connectivity index (χ2n) is 10.6. The van der Waals surface area contributed by atoms with Gasteiger partial charge in [0.15, 0.2) is 11.6 Å². The molecule has 0 aliphatic rings. The van der Waals surface area contributed by atoms with E-state index < -0.39 is 52.3 Å². The Morgan fingerprint density at radius 1 is 0.511 bits per heavy atom. The summed E-state index contributed by atoms with van der Waals surface area (Å²) in [5.74, 6) is -8.56. The van der Waals surface area contributed by atoms with Gasteiger partial charge in [-0.05, 0) is 83.1 Å². The highest BCUT2D eigenvalue weighted by Crippen LogP contribution is 2.39. The van der Waals surface area contributed by atoms with Crippen molar-refractivity contribution in [3.63, 3.8) is 0 Å². The zero-order valence-corrected chi connectivity index (χ0v) is 23.9. The SMILES string of the molecule is CCCCCc1ccc(-c2ccc(-c3cc(F)c(C(F)(F)Oc4ccc(-c5ccc(F)c(F)c5)c(F)c4)c(F)c3)c(F)c2)cc1. The minimum absolute atomic E-state index is 0.0756. The Bertz CT molecular complexity index is 1810. The van der Waals surface area contributed by atoms with Gasteiger partial charge in [-0.1, -0.05) is 62.2 Å². The molecule has 0 amide bonds. The Morgan fingerprint density at radius 2 is 1.07 bits per heavy atom. The molecule has 0 bridgehead atoms. The zero-order chi connectivity index (χ0) is 32.3. The van der Waals surface area contributed by atoms with Crippen LogP contribution in [0.2, 0.25) is 0 Å². The maximum atomic E-state index is 15.1. The van der Waals surface area contributed by atoms with E-state index in [-0.39, 0.29) is 22.3 Å². The van der Waals surface area contributed by atoms with Gasteiger partial charge in [-0.2, -0.15) is 8.78 Å². The third kappa shape index (κ3) is 7.03. The van der Waals surface area contributed by atoms with E-state index >= 15 is 4.39 Å². The van der Waals surface area contributed by atoms with Crippen molar-refractivity contribution in [2.75, 3.05) is 0 Å². The zero-order valence-electron chi connectivity index (χ0n) is 23.9. The molecule has 0 aromatic heterocycles. The summed E-state index contributed by atoms with van der Waals surface area (Å²) in [4.78, 5) is 0. The van der Waals surface area contributed by atoms with Crippen molar-refractivity contribution >= 4 is 0 Å². The lowest BCUT2D eigenvalue weighted by Gasteiger charge is -2.20. The van der Waals surface area contributed by atoms with Crippen LogP contribution in [0.1, 0.15) is 37.3 Å². The third-order valence-corrected chi connectivity index (χ3v) is 7.39. The molecule has 0 radical (unpaired) electrons. The predicted octanol–water partition coefficient (Wildman–Crippen LogP) is 11.4. The third-order valence-electron chi connectivity index (χ3n) is 7.39. The molecule has 232 valence electrons. The lowest BCUT2D eigenvalue weighted by molar-refractivity contribution is -0.189. The molecule has 5 rings (SSSR count). The average Bonchev–Trinajstić information content (AvgIpc) is 2.98. The molecule has 0 unspecified atom stereocenters. The van der Waals surface area contributed by atoms with Crippen molar-refractivity contribution in [1.29, 1.82) is 0 Å². The standard InChI is InChI=1S/C36H26F8O/c1-2-3-4-5-21-6-8-22(9-7-21)23-10-13-28(30(38)16-23)25-18-33(41)35(34(42)19-25)36(43,44)45-26-12-14-27(31(39)20-26)24-11-15-29(37)32(40)17-24/h6-20H,2-5H2,1H3. The van der Waals surface area contributed by atoms with E-state index in [1.807, 2.05) is 24.3 Å². The molecule has 0 saturated heterocycles. The summed E-state index contributed by atoms with van der Waals surface area (Å²) in [6.07, 6.45) is -0.372. The van der Waals surface area contributed by atoms with Gasteiger partial charge < -0.3 is 4.74 Å². The number of aryl methyl sites for hydroxylation is 1. The average molecular weight is 627 g/mol. The molecule has 0 spiro atoms. The van der Waals surface area contributed by atoms with Gasteiger partial charge in [0, 0.05) is 17.2 Å². The molecule has 0 N–H and O–H groups in total. The Kier molecular flexibility index (Phi) is 9.27. The second kappa shape index (κ2) is 13.1. The maximum absolute atomic E-state index is 15.1. The van der Waals surface area contributed by atoms with E-state index in [9.17, 15) is 30.7 Å². The van der Waals surface area contributed by atoms with E-state index in [1.54, 1.807) is 6.07 Å². The van der Waals surface area contributed by atoms with Crippen molar-refractivity contribution in [3.8, 4) is 39.1 Å². The molecule has 5 aromatic rings. The van der Waals surface area contributed by atoms with Crippen LogP contribution in [0.15, 0.2) is 91.0 Å². The summed E-state index contributed by atoms with van der Waals surface area (Å²) in [5.41, 5.74) is -0.199. The first-order valence-electron chi connectivity index (χ1n) is 14.2. The fraction of sp³-hybridized carbons (Fsp3) is 0.167. The molecule has 0 saturated carbocycles. The van der Waals surface area contributed by atoms with Gasteiger partial charge in [-0.3, -0.25) is 0 Å². The number of unbranched alkanes of at least 4 members (excludes halogenated alkanes) is 2. The Hall–Kier alpha value is -4.66. The molecule has 9 heteroatoms. The predicted molar refractivity (Wildman–Crippen MR) is 157 cm³/mol. The summed E-state index contributed by atoms with van der Waals surface area (Å²) in [5, 5.41) is 0. The summed E-state index contributed by atoms with van der Waals surface area (Å²) in [6, 6.07) is 17.8. The number of rotatable bonds is 10. The van der Waals surface area contributed by atoms with E-state index in [2.05, 4.69) is 11.7 Å². The fourth-order valence-electron chi connectivity index (χ4n) is 5.03. The lowest BCUT2D eigenvalue weighted by Crippen LogP contribution is -2.25. The van der Waals surface area contributed by atoms with Crippen molar-refractivity contribution in [2.45, 2.75) is 38.7 Å². The van der Waals surface area contributed by atoms with E-state index in [0.717, 1.165) is 67.1 Å². The summed E-state index contributed by atoms with van der Waals surface area (Å²) in [6.45, 7) is 2.12. The highest BCUT2D eigenvalue weighted by Gasteiger charge is 2.41. The van der Waals surface area contributed by atoms with Crippen LogP contribution in [0.25, 0.3) is 33.4 Å². The van der Waals surface area contributed by atoms with Crippen molar-refractivity contribution in [2.24, 2.45) is 0 Å². The van der Waals surface area contributed by atoms with Crippen molar-refractivity contribution < 1.29 is 39.9 Å². The maximum Gasteiger partial charge on any atom is 0.432 e. The van der Waals surface area contributed by atoms with Crippen LogP contribution in [-0.2, 0) is 12.5 Å². The van der Waals surface area contributed by atoms with Gasteiger partial charge in [-0.25, -0.2) is 26.3 Å². The lowest BCUT2D eigenvalue weighted by atomic mass is 9.97. The van der Waals surface area contributed by atoms with Gasteiger partial charge >= 0.3 is 6.11 Å². The van der Waals surface area contributed by atoms with Crippen LogP contribution < -0.4 is 4.74 Å². The first-order chi connectivity index (χ1) is 21.5. The Morgan fingerprint density at radius 3 is 1.69 bits per heavy atom. The molecule has 45 heavy (non-hydrogen) atoms. The molecule has 0 aliphatic heterocycles. The largest absolute Gasteiger partial charge is 0.432 e.